The van der Waals surface area contributed by atoms with Gasteiger partial charge >= 0.3 is 6.03 Å². The number of amides is 2. The number of ether oxygens (including phenoxy) is 2. The Labute approximate surface area is 170 Å². The molecule has 0 bridgehead atoms. The van der Waals surface area contributed by atoms with E-state index < -0.39 is 0 Å². The van der Waals surface area contributed by atoms with Crippen LogP contribution in [0.4, 0.5) is 4.79 Å². The van der Waals surface area contributed by atoms with E-state index in [0.29, 0.717) is 19.5 Å². The van der Waals surface area contributed by atoms with Gasteiger partial charge in [0.05, 0.1) is 20.3 Å². The van der Waals surface area contributed by atoms with Gasteiger partial charge in [-0.3, -0.25) is 4.90 Å². The first kappa shape index (κ1) is 20.5. The molecule has 1 aromatic carbocycles. The molecule has 2 aromatic rings. The van der Waals surface area contributed by atoms with Crippen LogP contribution in [-0.4, -0.2) is 51.3 Å². The van der Waals surface area contributed by atoms with Crippen LogP contribution >= 0.6 is 11.3 Å². The second-order valence-corrected chi connectivity index (χ2v) is 7.82. The van der Waals surface area contributed by atoms with Crippen LogP contribution in [-0.2, 0) is 6.42 Å². The highest BCUT2D eigenvalue weighted by atomic mass is 32.1. The summed E-state index contributed by atoms with van der Waals surface area (Å²) in [5, 5.41) is 8.09. The first-order valence-electron chi connectivity index (χ1n) is 9.71. The van der Waals surface area contributed by atoms with Crippen LogP contribution in [0.25, 0.3) is 0 Å². The summed E-state index contributed by atoms with van der Waals surface area (Å²) >= 11 is 1.75. The Kier molecular flexibility index (Phi) is 7.56. The number of hydrogen-bond donors (Lipinski definition) is 2. The Morgan fingerprint density at radius 2 is 2.00 bits per heavy atom. The molecule has 2 amide bonds. The van der Waals surface area contributed by atoms with Crippen LogP contribution in [0.1, 0.15) is 29.3 Å². The summed E-state index contributed by atoms with van der Waals surface area (Å²) in [6, 6.07) is 10.0. The van der Waals surface area contributed by atoms with E-state index in [4.69, 9.17) is 9.47 Å². The smallest absolute Gasteiger partial charge is 0.314 e. The topological polar surface area (TPSA) is 62.8 Å². The number of rotatable bonds is 9. The lowest BCUT2D eigenvalue weighted by Crippen LogP contribution is -2.42. The van der Waals surface area contributed by atoms with Gasteiger partial charge in [0.25, 0.3) is 0 Å². The molecule has 2 heterocycles. The maximum Gasteiger partial charge on any atom is 0.314 e. The lowest BCUT2D eigenvalue weighted by Gasteiger charge is -2.27. The zero-order chi connectivity index (χ0) is 19.8. The second kappa shape index (κ2) is 10.3. The third-order valence-corrected chi connectivity index (χ3v) is 6.05. The SMILES string of the molecule is COc1ccc(OC)c(CCNC(=O)NCC(c2cccs2)N2CCCC2)c1. The molecule has 0 aliphatic carbocycles. The Bertz CT molecular complexity index is 745. The first-order valence-corrected chi connectivity index (χ1v) is 10.6. The number of nitrogens with zero attached hydrogens (tertiary/aromatic N) is 1. The van der Waals surface area contributed by atoms with E-state index in [1.807, 2.05) is 18.2 Å². The molecule has 3 rings (SSSR count). The Morgan fingerprint density at radius 1 is 1.18 bits per heavy atom. The predicted molar refractivity (Wildman–Crippen MR) is 113 cm³/mol. The van der Waals surface area contributed by atoms with Crippen LogP contribution in [0.3, 0.4) is 0 Å². The van der Waals surface area contributed by atoms with Gasteiger partial charge in [-0.25, -0.2) is 4.79 Å². The lowest BCUT2D eigenvalue weighted by molar-refractivity contribution is 0.222. The van der Waals surface area contributed by atoms with Gasteiger partial charge in [0, 0.05) is 18.0 Å². The first-order chi connectivity index (χ1) is 13.7. The number of thiophene rings is 1. The summed E-state index contributed by atoms with van der Waals surface area (Å²) in [6.07, 6.45) is 3.14. The van der Waals surface area contributed by atoms with Crippen molar-refractivity contribution in [1.82, 2.24) is 15.5 Å². The number of carbonyl (C=O) groups is 1. The van der Waals surface area contributed by atoms with Gasteiger partial charge in [-0.1, -0.05) is 6.07 Å². The molecule has 28 heavy (non-hydrogen) atoms. The highest BCUT2D eigenvalue weighted by molar-refractivity contribution is 7.10. The third-order valence-electron chi connectivity index (χ3n) is 5.08. The molecule has 0 spiro atoms. The fourth-order valence-corrected chi connectivity index (χ4v) is 4.44. The van der Waals surface area contributed by atoms with Gasteiger partial charge in [0.2, 0.25) is 0 Å². The molecule has 6 nitrogen and oxygen atoms in total. The van der Waals surface area contributed by atoms with Crippen molar-refractivity contribution >= 4 is 17.4 Å². The van der Waals surface area contributed by atoms with E-state index in [1.165, 1.54) is 17.7 Å². The molecule has 1 aliphatic rings. The number of urea groups is 1. The molecule has 0 radical (unpaired) electrons. The fourth-order valence-electron chi connectivity index (χ4n) is 3.58. The number of methoxy groups -OCH3 is 2. The van der Waals surface area contributed by atoms with Gasteiger partial charge in [0.1, 0.15) is 11.5 Å². The summed E-state index contributed by atoms with van der Waals surface area (Å²) in [4.78, 5) is 16.1. The molecule has 1 atom stereocenters. The zero-order valence-electron chi connectivity index (χ0n) is 16.6. The average molecular weight is 404 g/mol. The quantitative estimate of drug-likeness (QED) is 0.673. The third kappa shape index (κ3) is 5.39. The molecule has 152 valence electrons. The van der Waals surface area contributed by atoms with E-state index in [9.17, 15) is 4.79 Å². The summed E-state index contributed by atoms with van der Waals surface area (Å²) in [7, 11) is 3.29. The Hall–Kier alpha value is -2.25. The predicted octanol–water partition coefficient (Wildman–Crippen LogP) is 3.44. The molecule has 0 saturated carbocycles. The molecular weight excluding hydrogens is 374 g/mol. The normalized spacial score (nSPS) is 15.2. The van der Waals surface area contributed by atoms with Crippen LogP contribution in [0.2, 0.25) is 0 Å². The number of benzene rings is 1. The van der Waals surface area contributed by atoms with Gasteiger partial charge in [-0.2, -0.15) is 0 Å². The van der Waals surface area contributed by atoms with Gasteiger partial charge < -0.3 is 20.1 Å². The van der Waals surface area contributed by atoms with Gasteiger partial charge in [-0.05, 0) is 67.6 Å². The largest absolute Gasteiger partial charge is 0.497 e. The minimum atomic E-state index is -0.136. The van der Waals surface area contributed by atoms with Crippen molar-refractivity contribution in [2.75, 3.05) is 40.4 Å². The Morgan fingerprint density at radius 3 is 2.68 bits per heavy atom. The molecule has 1 saturated heterocycles. The van der Waals surface area contributed by atoms with Crippen molar-refractivity contribution in [1.29, 1.82) is 0 Å². The molecule has 2 N–H and O–H groups in total. The average Bonchev–Trinajstić information content (AvgIpc) is 3.43. The maximum absolute atomic E-state index is 12.3. The van der Waals surface area contributed by atoms with Gasteiger partial charge in [0.15, 0.2) is 0 Å². The minimum Gasteiger partial charge on any atom is -0.497 e. The van der Waals surface area contributed by atoms with Crippen molar-refractivity contribution in [2.24, 2.45) is 0 Å². The molecule has 1 unspecified atom stereocenters. The Balaban J connectivity index is 1.49. The molecule has 1 aromatic heterocycles. The van der Waals surface area contributed by atoms with E-state index in [1.54, 1.807) is 25.6 Å². The molecule has 1 aliphatic heterocycles. The van der Waals surface area contributed by atoms with Crippen LogP contribution in [0, 0.1) is 0 Å². The standard InChI is InChI=1S/C21H29N3O3S/c1-26-17-7-8-19(27-2)16(14-17)9-10-22-21(25)23-15-18(20-6-5-13-28-20)24-11-3-4-12-24/h5-8,13-14,18H,3-4,9-12,15H2,1-2H3,(H2,22,23,25). The maximum atomic E-state index is 12.3. The minimum absolute atomic E-state index is 0.136. The number of likely N-dealkylation sites (tertiary alicyclic amines) is 1. The summed E-state index contributed by atoms with van der Waals surface area (Å²) < 4.78 is 10.7. The zero-order valence-corrected chi connectivity index (χ0v) is 17.4. The summed E-state index contributed by atoms with van der Waals surface area (Å²) in [5.74, 6) is 1.58. The van der Waals surface area contributed by atoms with Crippen LogP contribution < -0.4 is 20.1 Å². The number of carbonyl (C=O) groups excluding carboxylic acids is 1. The summed E-state index contributed by atoms with van der Waals surface area (Å²) in [6.45, 7) is 3.35. The van der Waals surface area contributed by atoms with E-state index in [0.717, 1.165) is 30.2 Å². The van der Waals surface area contributed by atoms with Crippen molar-refractivity contribution in [2.45, 2.75) is 25.3 Å². The van der Waals surface area contributed by atoms with E-state index >= 15 is 0 Å². The fraction of sp³-hybridized carbons (Fsp3) is 0.476. The van der Waals surface area contributed by atoms with E-state index in [-0.39, 0.29) is 12.1 Å². The highest BCUT2D eigenvalue weighted by Gasteiger charge is 2.24. The van der Waals surface area contributed by atoms with Crippen molar-refractivity contribution in [3.8, 4) is 11.5 Å². The molecular formula is C21H29N3O3S. The monoisotopic (exact) mass is 403 g/mol. The van der Waals surface area contributed by atoms with E-state index in [2.05, 4.69) is 33.0 Å². The highest BCUT2D eigenvalue weighted by Crippen LogP contribution is 2.28. The summed E-state index contributed by atoms with van der Waals surface area (Å²) in [5.41, 5.74) is 1.01. The molecule has 1 fully saturated rings. The van der Waals surface area contributed by atoms with Crippen molar-refractivity contribution < 1.29 is 14.3 Å². The lowest BCUT2D eigenvalue weighted by atomic mass is 10.1. The molecule has 7 heteroatoms. The van der Waals surface area contributed by atoms with Crippen molar-refractivity contribution in [3.05, 3.63) is 46.2 Å². The number of hydrogen-bond acceptors (Lipinski definition) is 5. The number of nitrogens with one attached hydrogen (secondary N) is 2. The van der Waals surface area contributed by atoms with Crippen molar-refractivity contribution in [3.63, 3.8) is 0 Å². The van der Waals surface area contributed by atoms with Crippen LogP contribution in [0.5, 0.6) is 11.5 Å². The second-order valence-electron chi connectivity index (χ2n) is 6.84. The van der Waals surface area contributed by atoms with Gasteiger partial charge in [-0.15, -0.1) is 11.3 Å². The van der Waals surface area contributed by atoms with Crippen LogP contribution in [0.15, 0.2) is 35.7 Å².